The van der Waals surface area contributed by atoms with Gasteiger partial charge in [0.25, 0.3) is 0 Å². The number of terminal acetylenes is 1. The molecule has 0 aliphatic rings. The zero-order chi connectivity index (χ0) is 8.41. The predicted octanol–water partition coefficient (Wildman–Crippen LogP) is 1.13. The minimum absolute atomic E-state index is 0.450. The van der Waals surface area contributed by atoms with Gasteiger partial charge in [0.1, 0.15) is 0 Å². The minimum Gasteiger partial charge on any atom is -0.450 e. The van der Waals surface area contributed by atoms with Crippen LogP contribution in [0.25, 0.3) is 0 Å². The molecule has 58 valence electrons. The van der Waals surface area contributed by atoms with Gasteiger partial charge in [-0.05, 0) is 6.42 Å². The molecule has 3 nitrogen and oxygen atoms in total. The lowest BCUT2D eigenvalue weighted by molar-refractivity contribution is 0.155. The number of nitrogens with two attached hydrogens (primary N) is 1. The van der Waals surface area contributed by atoms with Crippen LogP contribution in [-0.2, 0) is 4.74 Å². The van der Waals surface area contributed by atoms with Crippen LogP contribution in [0.3, 0.4) is 0 Å². The van der Waals surface area contributed by atoms with E-state index in [-0.39, 0.29) is 0 Å². The number of primary amides is 1. The first-order valence-electron chi connectivity index (χ1n) is 3.03. The molecule has 0 saturated heterocycles. The third-order valence-electron chi connectivity index (χ3n) is 0.742. The summed E-state index contributed by atoms with van der Waals surface area (Å²) >= 11 is 0. The fourth-order valence-electron chi connectivity index (χ4n) is 0.317. The highest BCUT2D eigenvalue weighted by molar-refractivity contribution is 5.64. The van der Waals surface area contributed by atoms with Crippen LogP contribution in [0.4, 0.5) is 4.79 Å². The number of amides is 1. The van der Waals surface area contributed by atoms with Crippen molar-refractivity contribution >= 4 is 6.09 Å². The molecule has 0 unspecified atom stereocenters. The summed E-state index contributed by atoms with van der Waals surface area (Å²) in [6.07, 6.45) is 9.23. The number of hydrogen-bond acceptors (Lipinski definition) is 2. The van der Waals surface area contributed by atoms with Crippen LogP contribution in [-0.4, -0.2) is 12.7 Å². The topological polar surface area (TPSA) is 52.3 Å². The zero-order valence-corrected chi connectivity index (χ0v) is 6.17. The molecule has 10 heavy (non-hydrogen) atoms. The van der Waals surface area contributed by atoms with Gasteiger partial charge < -0.3 is 10.5 Å². The first-order chi connectivity index (χ1) is 4.77. The summed E-state index contributed by atoms with van der Waals surface area (Å²) in [5.41, 5.74) is 4.67. The predicted molar refractivity (Wildman–Crippen MR) is 40.3 cm³/mol. The van der Waals surface area contributed by atoms with Crippen LogP contribution in [0.15, 0.2) is 0 Å². The molecule has 2 N–H and O–H groups in total. The van der Waals surface area contributed by atoms with Crippen molar-refractivity contribution in [2.45, 2.75) is 19.8 Å². The second-order valence-corrected chi connectivity index (χ2v) is 1.52. The molecular weight excluding hydrogens is 130 g/mol. The van der Waals surface area contributed by atoms with Crippen molar-refractivity contribution in [3.8, 4) is 12.8 Å². The maximum atomic E-state index is 9.87. The minimum atomic E-state index is -0.682. The van der Waals surface area contributed by atoms with Gasteiger partial charge in [0.2, 0.25) is 0 Å². The van der Waals surface area contributed by atoms with Gasteiger partial charge >= 0.3 is 6.09 Å². The molecule has 0 radical (unpaired) electrons. The average molecular weight is 143 g/mol. The fourth-order valence-corrected chi connectivity index (χ4v) is 0.317. The highest BCUT2D eigenvalue weighted by Gasteiger charge is 1.88. The van der Waals surface area contributed by atoms with Crippen molar-refractivity contribution in [1.82, 2.24) is 0 Å². The maximum Gasteiger partial charge on any atom is 0.404 e. The fraction of sp³-hybridized carbons (Fsp3) is 0.571. The molecule has 0 bridgehead atoms. The average Bonchev–Trinajstić information content (AvgIpc) is 1.92. The third-order valence-corrected chi connectivity index (χ3v) is 0.742. The summed E-state index contributed by atoms with van der Waals surface area (Å²) in [5.74, 6) is 0. The standard InChI is InChI=1S/C5H11NO2.C2H2/c1-2-3-4-8-5(6)7;1-2/h2-4H2,1H3,(H2,6,7);1-2H. The summed E-state index contributed by atoms with van der Waals surface area (Å²) in [7, 11) is 0. The number of carbonyl (C=O) groups excluding carboxylic acids is 1. The van der Waals surface area contributed by atoms with E-state index in [9.17, 15) is 4.79 Å². The van der Waals surface area contributed by atoms with Gasteiger partial charge in [-0.2, -0.15) is 0 Å². The molecule has 0 heterocycles. The van der Waals surface area contributed by atoms with Crippen molar-refractivity contribution < 1.29 is 9.53 Å². The summed E-state index contributed by atoms with van der Waals surface area (Å²) in [6, 6.07) is 0. The van der Waals surface area contributed by atoms with Gasteiger partial charge in [0.15, 0.2) is 0 Å². The highest BCUT2D eigenvalue weighted by Crippen LogP contribution is 1.85. The Balaban J connectivity index is 0. The van der Waals surface area contributed by atoms with E-state index in [1.165, 1.54) is 0 Å². The van der Waals surface area contributed by atoms with E-state index < -0.39 is 6.09 Å². The Hall–Kier alpha value is -1.17. The Kier molecular flexibility index (Phi) is 12.5. The van der Waals surface area contributed by atoms with E-state index in [0.29, 0.717) is 6.61 Å². The van der Waals surface area contributed by atoms with Gasteiger partial charge in [-0.15, -0.1) is 12.8 Å². The largest absolute Gasteiger partial charge is 0.450 e. The van der Waals surface area contributed by atoms with Crippen molar-refractivity contribution in [2.24, 2.45) is 5.73 Å². The quantitative estimate of drug-likeness (QED) is 0.475. The van der Waals surface area contributed by atoms with E-state index in [1.807, 2.05) is 6.92 Å². The first-order valence-corrected chi connectivity index (χ1v) is 3.03. The number of carbonyl (C=O) groups is 1. The van der Waals surface area contributed by atoms with Crippen LogP contribution in [0.5, 0.6) is 0 Å². The molecule has 0 saturated carbocycles. The Bertz CT molecular complexity index is 99.0. The SMILES string of the molecule is C#C.CCCCOC(N)=O. The summed E-state index contributed by atoms with van der Waals surface area (Å²) < 4.78 is 4.42. The summed E-state index contributed by atoms with van der Waals surface area (Å²) in [5, 5.41) is 0. The van der Waals surface area contributed by atoms with E-state index in [4.69, 9.17) is 0 Å². The lowest BCUT2D eigenvalue weighted by atomic mass is 10.4. The Morgan fingerprint density at radius 1 is 1.60 bits per heavy atom. The normalized spacial score (nSPS) is 7.10. The van der Waals surface area contributed by atoms with Crippen molar-refractivity contribution in [3.05, 3.63) is 0 Å². The molecule has 0 aliphatic carbocycles. The van der Waals surface area contributed by atoms with E-state index >= 15 is 0 Å². The van der Waals surface area contributed by atoms with Gasteiger partial charge in [0.05, 0.1) is 6.61 Å². The van der Waals surface area contributed by atoms with Crippen LogP contribution in [0.2, 0.25) is 0 Å². The Labute approximate surface area is 61.5 Å². The molecule has 1 amide bonds. The number of ether oxygens (including phenoxy) is 1. The van der Waals surface area contributed by atoms with E-state index in [2.05, 4.69) is 23.3 Å². The van der Waals surface area contributed by atoms with Crippen molar-refractivity contribution in [1.29, 1.82) is 0 Å². The van der Waals surface area contributed by atoms with Crippen molar-refractivity contribution in [3.63, 3.8) is 0 Å². The zero-order valence-electron chi connectivity index (χ0n) is 6.17. The Morgan fingerprint density at radius 2 is 2.10 bits per heavy atom. The van der Waals surface area contributed by atoms with Gasteiger partial charge in [-0.3, -0.25) is 0 Å². The van der Waals surface area contributed by atoms with Crippen LogP contribution >= 0.6 is 0 Å². The van der Waals surface area contributed by atoms with Crippen molar-refractivity contribution in [2.75, 3.05) is 6.61 Å². The summed E-state index contributed by atoms with van der Waals surface area (Å²) in [4.78, 5) is 9.87. The molecule has 0 spiro atoms. The van der Waals surface area contributed by atoms with Gasteiger partial charge in [-0.25, -0.2) is 4.79 Å². The van der Waals surface area contributed by atoms with E-state index in [0.717, 1.165) is 12.8 Å². The van der Waals surface area contributed by atoms with Crippen LogP contribution in [0, 0.1) is 12.8 Å². The number of unbranched alkanes of at least 4 members (excludes halogenated alkanes) is 1. The Morgan fingerprint density at radius 3 is 2.40 bits per heavy atom. The lowest BCUT2D eigenvalue weighted by Crippen LogP contribution is -2.13. The molecule has 0 rings (SSSR count). The maximum absolute atomic E-state index is 9.87. The first kappa shape index (κ1) is 11.6. The molecule has 0 atom stereocenters. The molecule has 0 aliphatic heterocycles. The number of rotatable bonds is 3. The molecule has 0 aromatic heterocycles. The second kappa shape index (κ2) is 10.7. The van der Waals surface area contributed by atoms with E-state index in [1.54, 1.807) is 0 Å². The molecule has 0 aromatic carbocycles. The van der Waals surface area contributed by atoms with Crippen LogP contribution in [0.1, 0.15) is 19.8 Å². The molecule has 3 heteroatoms. The van der Waals surface area contributed by atoms with Crippen LogP contribution < -0.4 is 5.73 Å². The highest BCUT2D eigenvalue weighted by atomic mass is 16.5. The third kappa shape index (κ3) is 15.8. The monoisotopic (exact) mass is 143 g/mol. The smallest absolute Gasteiger partial charge is 0.404 e. The summed E-state index contributed by atoms with van der Waals surface area (Å²) in [6.45, 7) is 2.47. The lowest BCUT2D eigenvalue weighted by Gasteiger charge is -1.95. The van der Waals surface area contributed by atoms with Gasteiger partial charge in [0, 0.05) is 0 Å². The number of hydrogen-bond donors (Lipinski definition) is 1. The van der Waals surface area contributed by atoms with Gasteiger partial charge in [-0.1, -0.05) is 13.3 Å². The molecule has 0 aromatic rings. The molecule has 0 fully saturated rings. The molecular formula is C7H13NO2. The second-order valence-electron chi connectivity index (χ2n) is 1.52.